The second-order valence-electron chi connectivity index (χ2n) is 8.82. The summed E-state index contributed by atoms with van der Waals surface area (Å²) in [6, 6.07) is 3.55. The van der Waals surface area contributed by atoms with Crippen LogP contribution in [-0.2, 0) is 33.6 Å². The Hall–Kier alpha value is -2.58. The standard InChI is InChI=1S/C22H28F3N3O3/c1-13(2)18(9-21(27-12-29,16-6-7-16)20(31)26-3)19(30)28-10-14-4-5-17(22(23,24)25)8-15(14)11-28/h4-5,8,12-13,16,18H,6-7,9-11H2,1-3H3,(H,26,31)(H,27,29). The summed E-state index contributed by atoms with van der Waals surface area (Å²) < 4.78 is 39.1. The first-order valence-electron chi connectivity index (χ1n) is 10.4. The minimum Gasteiger partial charge on any atom is -0.357 e. The van der Waals surface area contributed by atoms with Crippen molar-refractivity contribution in [2.75, 3.05) is 7.05 Å². The van der Waals surface area contributed by atoms with Gasteiger partial charge in [0.15, 0.2) is 0 Å². The topological polar surface area (TPSA) is 78.5 Å². The largest absolute Gasteiger partial charge is 0.416 e. The second kappa shape index (κ2) is 8.51. The zero-order chi connectivity index (χ0) is 23.0. The lowest BCUT2D eigenvalue weighted by Crippen LogP contribution is -2.60. The van der Waals surface area contributed by atoms with E-state index >= 15 is 0 Å². The van der Waals surface area contributed by atoms with Crippen LogP contribution in [-0.4, -0.2) is 35.7 Å². The number of rotatable bonds is 8. The number of likely N-dealkylation sites (N-methyl/N-ethyl adjacent to an activating group) is 1. The van der Waals surface area contributed by atoms with Gasteiger partial charge in [0.2, 0.25) is 18.2 Å². The molecular formula is C22H28F3N3O3. The highest BCUT2D eigenvalue weighted by molar-refractivity contribution is 5.90. The molecule has 2 aliphatic rings. The minimum absolute atomic E-state index is 0.0446. The molecule has 0 bridgehead atoms. The summed E-state index contributed by atoms with van der Waals surface area (Å²) in [6.07, 6.45) is -2.23. The maximum absolute atomic E-state index is 13.4. The van der Waals surface area contributed by atoms with Crippen molar-refractivity contribution in [2.24, 2.45) is 17.8 Å². The van der Waals surface area contributed by atoms with Crippen LogP contribution in [0.3, 0.4) is 0 Å². The van der Waals surface area contributed by atoms with E-state index in [-0.39, 0.29) is 43.2 Å². The molecule has 1 saturated carbocycles. The first kappa shape index (κ1) is 23.1. The van der Waals surface area contributed by atoms with Crippen molar-refractivity contribution < 1.29 is 27.6 Å². The minimum atomic E-state index is -4.44. The Morgan fingerprint density at radius 1 is 1.19 bits per heavy atom. The van der Waals surface area contributed by atoms with Gasteiger partial charge in [0.05, 0.1) is 5.56 Å². The molecule has 2 unspecified atom stereocenters. The third kappa shape index (κ3) is 4.55. The molecule has 0 radical (unpaired) electrons. The summed E-state index contributed by atoms with van der Waals surface area (Å²) in [6.45, 7) is 4.07. The molecule has 170 valence electrons. The fourth-order valence-corrected chi connectivity index (χ4v) is 4.51. The van der Waals surface area contributed by atoms with E-state index in [9.17, 15) is 27.6 Å². The molecule has 0 spiro atoms. The number of fused-ring (bicyclic) bond motifs is 1. The Bertz CT molecular complexity index is 867. The molecule has 1 heterocycles. The smallest absolute Gasteiger partial charge is 0.357 e. The van der Waals surface area contributed by atoms with Crippen molar-refractivity contribution >= 4 is 18.2 Å². The van der Waals surface area contributed by atoms with Gasteiger partial charge < -0.3 is 15.5 Å². The van der Waals surface area contributed by atoms with Gasteiger partial charge in [-0.05, 0) is 54.4 Å². The average molecular weight is 439 g/mol. The lowest BCUT2D eigenvalue weighted by Gasteiger charge is -2.37. The zero-order valence-electron chi connectivity index (χ0n) is 17.9. The Balaban J connectivity index is 1.83. The predicted octanol–water partition coefficient (Wildman–Crippen LogP) is 2.85. The van der Waals surface area contributed by atoms with E-state index in [0.29, 0.717) is 17.5 Å². The van der Waals surface area contributed by atoms with Crippen molar-refractivity contribution in [3.63, 3.8) is 0 Å². The van der Waals surface area contributed by atoms with Crippen LogP contribution in [0.1, 0.15) is 49.8 Å². The number of hydrogen-bond donors (Lipinski definition) is 2. The fourth-order valence-electron chi connectivity index (χ4n) is 4.51. The maximum Gasteiger partial charge on any atom is 0.416 e. The number of carbonyl (C=O) groups is 3. The first-order chi connectivity index (χ1) is 14.5. The quantitative estimate of drug-likeness (QED) is 0.612. The number of nitrogens with zero attached hydrogens (tertiary/aromatic N) is 1. The van der Waals surface area contributed by atoms with Crippen LogP contribution in [0.2, 0.25) is 0 Å². The third-order valence-corrected chi connectivity index (χ3v) is 6.45. The van der Waals surface area contributed by atoms with E-state index in [1.54, 1.807) is 0 Å². The average Bonchev–Trinajstić information content (AvgIpc) is 3.47. The molecule has 1 aromatic carbocycles. The summed E-state index contributed by atoms with van der Waals surface area (Å²) in [5, 5.41) is 5.30. The third-order valence-electron chi connectivity index (χ3n) is 6.45. The molecule has 1 aliphatic carbocycles. The van der Waals surface area contributed by atoms with Crippen LogP contribution >= 0.6 is 0 Å². The number of benzene rings is 1. The molecule has 0 aromatic heterocycles. The number of alkyl halides is 3. The van der Waals surface area contributed by atoms with Gasteiger partial charge in [0.25, 0.3) is 0 Å². The Kier molecular flexibility index (Phi) is 6.34. The first-order valence-corrected chi connectivity index (χ1v) is 10.4. The van der Waals surface area contributed by atoms with Crippen molar-refractivity contribution in [1.82, 2.24) is 15.5 Å². The lowest BCUT2D eigenvalue weighted by atomic mass is 9.77. The normalized spacial score (nSPS) is 18.9. The molecule has 6 nitrogen and oxygen atoms in total. The lowest BCUT2D eigenvalue weighted by molar-refractivity contribution is -0.141. The van der Waals surface area contributed by atoms with E-state index in [0.717, 1.165) is 25.0 Å². The fraction of sp³-hybridized carbons (Fsp3) is 0.591. The second-order valence-corrected chi connectivity index (χ2v) is 8.82. The number of amides is 3. The maximum atomic E-state index is 13.4. The molecule has 1 fully saturated rings. The number of hydrogen-bond acceptors (Lipinski definition) is 3. The Labute approximate surface area is 179 Å². The van der Waals surface area contributed by atoms with Gasteiger partial charge in [0.1, 0.15) is 5.54 Å². The Morgan fingerprint density at radius 3 is 2.35 bits per heavy atom. The molecule has 3 rings (SSSR count). The molecular weight excluding hydrogens is 411 g/mol. The molecule has 1 aliphatic heterocycles. The van der Waals surface area contributed by atoms with E-state index in [1.165, 1.54) is 18.0 Å². The molecule has 2 N–H and O–H groups in total. The van der Waals surface area contributed by atoms with Crippen molar-refractivity contribution in [1.29, 1.82) is 0 Å². The molecule has 9 heteroatoms. The molecule has 1 aromatic rings. The van der Waals surface area contributed by atoms with Crippen LogP contribution in [0.5, 0.6) is 0 Å². The van der Waals surface area contributed by atoms with Gasteiger partial charge >= 0.3 is 6.18 Å². The van der Waals surface area contributed by atoms with Crippen molar-refractivity contribution in [3.05, 3.63) is 34.9 Å². The van der Waals surface area contributed by atoms with E-state index in [4.69, 9.17) is 0 Å². The number of halogens is 3. The van der Waals surface area contributed by atoms with Gasteiger partial charge in [-0.3, -0.25) is 14.4 Å². The number of carbonyl (C=O) groups excluding carboxylic acids is 3. The monoisotopic (exact) mass is 439 g/mol. The van der Waals surface area contributed by atoms with Gasteiger partial charge in [-0.1, -0.05) is 19.9 Å². The summed E-state index contributed by atoms with van der Waals surface area (Å²) in [7, 11) is 1.49. The van der Waals surface area contributed by atoms with Crippen LogP contribution < -0.4 is 10.6 Å². The zero-order valence-corrected chi connectivity index (χ0v) is 17.9. The highest BCUT2D eigenvalue weighted by Gasteiger charge is 2.53. The van der Waals surface area contributed by atoms with Gasteiger partial charge in [-0.25, -0.2) is 0 Å². The highest BCUT2D eigenvalue weighted by Crippen LogP contribution is 2.44. The molecule has 0 saturated heterocycles. The van der Waals surface area contributed by atoms with Crippen LogP contribution in [0.25, 0.3) is 0 Å². The van der Waals surface area contributed by atoms with Crippen LogP contribution in [0.15, 0.2) is 18.2 Å². The van der Waals surface area contributed by atoms with Crippen LogP contribution in [0.4, 0.5) is 13.2 Å². The molecule has 31 heavy (non-hydrogen) atoms. The van der Waals surface area contributed by atoms with E-state index < -0.39 is 23.2 Å². The van der Waals surface area contributed by atoms with Crippen LogP contribution in [0, 0.1) is 17.8 Å². The molecule has 2 atom stereocenters. The Morgan fingerprint density at radius 2 is 1.84 bits per heavy atom. The molecule has 3 amide bonds. The van der Waals surface area contributed by atoms with Crippen molar-refractivity contribution in [3.8, 4) is 0 Å². The summed E-state index contributed by atoms with van der Waals surface area (Å²) >= 11 is 0. The van der Waals surface area contributed by atoms with Crippen molar-refractivity contribution in [2.45, 2.75) is 57.9 Å². The van der Waals surface area contributed by atoms with Gasteiger partial charge in [0, 0.05) is 26.1 Å². The summed E-state index contributed by atoms with van der Waals surface area (Å²) in [5.74, 6) is -1.29. The van der Waals surface area contributed by atoms with E-state index in [2.05, 4.69) is 10.6 Å². The highest BCUT2D eigenvalue weighted by atomic mass is 19.4. The van der Waals surface area contributed by atoms with E-state index in [1.807, 2.05) is 13.8 Å². The summed E-state index contributed by atoms with van der Waals surface area (Å²) in [4.78, 5) is 39.1. The van der Waals surface area contributed by atoms with Gasteiger partial charge in [-0.15, -0.1) is 0 Å². The number of nitrogens with one attached hydrogen (secondary N) is 2. The van der Waals surface area contributed by atoms with Gasteiger partial charge in [-0.2, -0.15) is 13.2 Å². The SMILES string of the molecule is CNC(=O)C(CC(C(=O)N1Cc2ccc(C(F)(F)F)cc2C1)C(C)C)(NC=O)C1CC1. The summed E-state index contributed by atoms with van der Waals surface area (Å²) in [5.41, 5.74) is -0.730. The predicted molar refractivity (Wildman–Crippen MR) is 107 cm³/mol.